The Labute approximate surface area is 116 Å². The minimum atomic E-state index is -0.466. The van der Waals surface area contributed by atoms with Gasteiger partial charge in [-0.15, -0.1) is 0 Å². The van der Waals surface area contributed by atoms with Crippen LogP contribution < -0.4 is 11.1 Å². The third-order valence-electron chi connectivity index (χ3n) is 2.80. The van der Waals surface area contributed by atoms with Gasteiger partial charge >= 0.3 is 5.97 Å². The normalized spacial score (nSPS) is 10.2. The summed E-state index contributed by atoms with van der Waals surface area (Å²) in [6.45, 7) is 1.60. The minimum absolute atomic E-state index is 0.306. The molecule has 0 atom stereocenters. The molecule has 0 aliphatic carbocycles. The summed E-state index contributed by atoms with van der Waals surface area (Å²) >= 11 is 0. The molecule has 0 saturated heterocycles. The van der Waals surface area contributed by atoms with Crippen LogP contribution in [-0.4, -0.2) is 34.2 Å². The number of pyridine rings is 1. The largest absolute Gasteiger partial charge is 0.465 e. The van der Waals surface area contributed by atoms with Gasteiger partial charge in [-0.25, -0.2) is 14.8 Å². The molecule has 0 unspecified atom stereocenters. The van der Waals surface area contributed by atoms with Crippen LogP contribution in [0.25, 0.3) is 0 Å². The number of methoxy groups -OCH3 is 1. The van der Waals surface area contributed by atoms with Gasteiger partial charge in [0.1, 0.15) is 5.82 Å². The second-order valence-corrected chi connectivity index (χ2v) is 4.23. The van der Waals surface area contributed by atoms with Crippen molar-refractivity contribution < 1.29 is 9.53 Å². The number of esters is 1. The number of rotatable bonds is 6. The van der Waals surface area contributed by atoms with E-state index >= 15 is 0 Å². The van der Waals surface area contributed by atoms with Gasteiger partial charge in [-0.2, -0.15) is 0 Å². The molecule has 0 aromatic carbocycles. The Morgan fingerprint density at radius 2 is 2.40 bits per heavy atom. The number of aromatic nitrogens is 3. The zero-order chi connectivity index (χ0) is 14.4. The molecule has 20 heavy (non-hydrogen) atoms. The van der Waals surface area contributed by atoms with E-state index in [2.05, 4.69) is 20.0 Å². The number of nitrogens with one attached hydrogen (secondary N) is 1. The maximum atomic E-state index is 11.5. The van der Waals surface area contributed by atoms with Crippen LogP contribution in [0.15, 0.2) is 31.0 Å². The molecule has 0 amide bonds. The van der Waals surface area contributed by atoms with E-state index in [4.69, 9.17) is 5.73 Å². The van der Waals surface area contributed by atoms with Gasteiger partial charge in [0.05, 0.1) is 30.9 Å². The molecule has 2 aromatic heterocycles. The van der Waals surface area contributed by atoms with Crippen LogP contribution in [0.3, 0.4) is 0 Å². The number of aryl methyl sites for hydroxylation is 1. The van der Waals surface area contributed by atoms with E-state index < -0.39 is 5.97 Å². The summed E-state index contributed by atoms with van der Waals surface area (Å²) in [7, 11) is 1.32. The van der Waals surface area contributed by atoms with Crippen molar-refractivity contribution in [2.45, 2.75) is 13.0 Å². The molecule has 2 aromatic rings. The van der Waals surface area contributed by atoms with E-state index in [9.17, 15) is 4.79 Å². The second kappa shape index (κ2) is 6.55. The van der Waals surface area contributed by atoms with Gasteiger partial charge < -0.3 is 20.4 Å². The van der Waals surface area contributed by atoms with Crippen molar-refractivity contribution in [1.29, 1.82) is 0 Å². The topological polar surface area (TPSA) is 95.1 Å². The maximum absolute atomic E-state index is 11.5. The van der Waals surface area contributed by atoms with Crippen molar-refractivity contribution in [2.24, 2.45) is 0 Å². The summed E-state index contributed by atoms with van der Waals surface area (Å²) in [5, 5.41) is 3.15. The van der Waals surface area contributed by atoms with Gasteiger partial charge in [0.2, 0.25) is 0 Å². The minimum Gasteiger partial charge on any atom is -0.465 e. The van der Waals surface area contributed by atoms with Crippen LogP contribution in [0.2, 0.25) is 0 Å². The number of anilines is 2. The Balaban J connectivity index is 1.88. The molecule has 2 rings (SSSR count). The standard InChI is InChI=1S/C13H17N5O2/c1-20-13(19)10-7-12(17-8-11(10)14)16-3-2-5-18-6-4-15-9-18/h4,6-9H,2-3,5,14H2,1H3,(H,16,17). The van der Waals surface area contributed by atoms with Crippen molar-refractivity contribution in [3.63, 3.8) is 0 Å². The second-order valence-electron chi connectivity index (χ2n) is 4.23. The number of ether oxygens (including phenoxy) is 1. The van der Waals surface area contributed by atoms with Gasteiger partial charge in [-0.3, -0.25) is 0 Å². The summed E-state index contributed by atoms with van der Waals surface area (Å²) in [6, 6.07) is 1.60. The maximum Gasteiger partial charge on any atom is 0.340 e. The number of imidazole rings is 1. The Morgan fingerprint density at radius 1 is 1.55 bits per heavy atom. The van der Waals surface area contributed by atoms with E-state index in [1.54, 1.807) is 18.6 Å². The predicted octanol–water partition coefficient (Wildman–Crippen LogP) is 1.15. The van der Waals surface area contributed by atoms with Crippen LogP contribution in [0.1, 0.15) is 16.8 Å². The van der Waals surface area contributed by atoms with E-state index in [1.165, 1.54) is 13.3 Å². The van der Waals surface area contributed by atoms with E-state index in [1.807, 2.05) is 10.8 Å². The fourth-order valence-corrected chi connectivity index (χ4v) is 1.75. The number of nitrogens with two attached hydrogens (primary N) is 1. The quantitative estimate of drug-likeness (QED) is 0.606. The molecule has 106 valence electrons. The first-order valence-electron chi connectivity index (χ1n) is 6.24. The average molecular weight is 275 g/mol. The summed E-state index contributed by atoms with van der Waals surface area (Å²) in [5.41, 5.74) is 6.31. The third kappa shape index (κ3) is 3.47. The van der Waals surface area contributed by atoms with Gasteiger partial charge in [-0.1, -0.05) is 0 Å². The van der Waals surface area contributed by atoms with Gasteiger partial charge in [0, 0.05) is 25.5 Å². The summed E-state index contributed by atoms with van der Waals surface area (Å²) < 4.78 is 6.66. The van der Waals surface area contributed by atoms with Crippen molar-refractivity contribution in [3.8, 4) is 0 Å². The molecule has 0 aliphatic rings. The smallest absolute Gasteiger partial charge is 0.340 e. The lowest BCUT2D eigenvalue weighted by Gasteiger charge is -2.09. The Morgan fingerprint density at radius 3 is 3.10 bits per heavy atom. The Kier molecular flexibility index (Phi) is 4.54. The number of hydrogen-bond donors (Lipinski definition) is 2. The fourth-order valence-electron chi connectivity index (χ4n) is 1.75. The first-order chi connectivity index (χ1) is 9.70. The lowest BCUT2D eigenvalue weighted by atomic mass is 10.2. The molecule has 2 heterocycles. The van der Waals surface area contributed by atoms with Crippen LogP contribution >= 0.6 is 0 Å². The Hall–Kier alpha value is -2.57. The van der Waals surface area contributed by atoms with Gasteiger partial charge in [-0.05, 0) is 12.5 Å². The number of nitrogen functional groups attached to an aromatic ring is 1. The number of nitrogens with zero attached hydrogens (tertiary/aromatic N) is 3. The van der Waals surface area contributed by atoms with Gasteiger partial charge in [0.15, 0.2) is 0 Å². The van der Waals surface area contributed by atoms with Crippen molar-refractivity contribution in [2.75, 3.05) is 24.7 Å². The Bertz CT molecular complexity index is 568. The lowest BCUT2D eigenvalue weighted by molar-refractivity contribution is 0.0602. The van der Waals surface area contributed by atoms with Gasteiger partial charge in [0.25, 0.3) is 0 Å². The lowest BCUT2D eigenvalue weighted by Crippen LogP contribution is -2.10. The summed E-state index contributed by atoms with van der Waals surface area (Å²) in [6.07, 6.45) is 7.80. The van der Waals surface area contributed by atoms with Crippen LogP contribution in [0.4, 0.5) is 11.5 Å². The van der Waals surface area contributed by atoms with Crippen LogP contribution in [0, 0.1) is 0 Å². The first kappa shape index (κ1) is 13.9. The van der Waals surface area contributed by atoms with Crippen LogP contribution in [0.5, 0.6) is 0 Å². The molecule has 7 heteroatoms. The van der Waals surface area contributed by atoms with Crippen LogP contribution in [-0.2, 0) is 11.3 Å². The van der Waals surface area contributed by atoms with Crippen molar-refractivity contribution >= 4 is 17.5 Å². The first-order valence-corrected chi connectivity index (χ1v) is 6.24. The molecule has 0 fully saturated rings. The van der Waals surface area contributed by atoms with E-state index in [-0.39, 0.29) is 0 Å². The average Bonchev–Trinajstić information content (AvgIpc) is 2.97. The monoisotopic (exact) mass is 275 g/mol. The molecule has 0 bridgehead atoms. The molecule has 0 aliphatic heterocycles. The number of carbonyl (C=O) groups excluding carboxylic acids is 1. The fraction of sp³-hybridized carbons (Fsp3) is 0.308. The van der Waals surface area contributed by atoms with Crippen molar-refractivity contribution in [3.05, 3.63) is 36.5 Å². The number of hydrogen-bond acceptors (Lipinski definition) is 6. The van der Waals surface area contributed by atoms with E-state index in [0.29, 0.717) is 17.1 Å². The highest BCUT2D eigenvalue weighted by Crippen LogP contribution is 2.15. The number of carbonyl (C=O) groups is 1. The third-order valence-corrected chi connectivity index (χ3v) is 2.80. The molecular formula is C13H17N5O2. The highest BCUT2D eigenvalue weighted by Gasteiger charge is 2.11. The molecular weight excluding hydrogens is 258 g/mol. The molecule has 0 radical (unpaired) electrons. The zero-order valence-corrected chi connectivity index (χ0v) is 11.2. The van der Waals surface area contributed by atoms with Crippen molar-refractivity contribution in [1.82, 2.24) is 14.5 Å². The molecule has 0 spiro atoms. The summed E-state index contributed by atoms with van der Waals surface area (Å²) in [5.74, 6) is 0.136. The van der Waals surface area contributed by atoms with E-state index in [0.717, 1.165) is 19.5 Å². The zero-order valence-electron chi connectivity index (χ0n) is 11.2. The highest BCUT2D eigenvalue weighted by atomic mass is 16.5. The molecule has 3 N–H and O–H groups in total. The molecule has 7 nitrogen and oxygen atoms in total. The SMILES string of the molecule is COC(=O)c1cc(NCCCn2ccnc2)ncc1N. The molecule has 0 saturated carbocycles. The summed E-state index contributed by atoms with van der Waals surface area (Å²) in [4.78, 5) is 19.6. The predicted molar refractivity (Wildman–Crippen MR) is 75.3 cm³/mol. The highest BCUT2D eigenvalue weighted by molar-refractivity contribution is 5.95.